The van der Waals surface area contributed by atoms with Gasteiger partial charge in [-0.1, -0.05) is 5.57 Å². The summed E-state index contributed by atoms with van der Waals surface area (Å²) in [5.41, 5.74) is 1.62. The molecule has 0 amide bonds. The van der Waals surface area contributed by atoms with E-state index in [1.807, 2.05) is 20.8 Å². The largest absolute Gasteiger partial charge is 0.469 e. The van der Waals surface area contributed by atoms with Crippen molar-refractivity contribution in [3.63, 3.8) is 0 Å². The average Bonchev–Trinajstić information content (AvgIpc) is 2.34. The van der Waals surface area contributed by atoms with Gasteiger partial charge in [-0.15, -0.1) is 0 Å². The molecule has 0 N–H and O–H groups in total. The van der Waals surface area contributed by atoms with Gasteiger partial charge < -0.3 is 4.42 Å². The summed E-state index contributed by atoms with van der Waals surface area (Å²) in [5.74, 6) is 0.771. The highest BCUT2D eigenvalue weighted by atomic mass is 16.3. The fourth-order valence-electron chi connectivity index (χ4n) is 0.918. The van der Waals surface area contributed by atoms with E-state index < -0.39 is 0 Å². The predicted molar refractivity (Wildman–Crippen MR) is 47.2 cm³/mol. The number of carbonyl (C=O) groups is 1. The fourth-order valence-corrected chi connectivity index (χ4v) is 0.918. The van der Waals surface area contributed by atoms with Crippen LogP contribution in [0, 0.1) is 6.92 Å². The number of carbonyl (C=O) groups excluding carboxylic acids is 1. The number of allylic oxidation sites excluding steroid dienone is 2. The van der Waals surface area contributed by atoms with Crippen molar-refractivity contribution >= 4 is 5.78 Å². The van der Waals surface area contributed by atoms with Gasteiger partial charge in [-0.3, -0.25) is 4.79 Å². The number of rotatable bonds is 2. The number of furan rings is 1. The van der Waals surface area contributed by atoms with Crippen LogP contribution in [0.4, 0.5) is 0 Å². The maximum atomic E-state index is 11.3. The average molecular weight is 164 g/mol. The predicted octanol–water partition coefficient (Wildman–Crippen LogP) is 2.74. The smallest absolute Gasteiger partial charge is 0.188 e. The fraction of sp³-hybridized carbons (Fsp3) is 0.300. The molecule has 0 atom stereocenters. The van der Waals surface area contributed by atoms with E-state index in [0.717, 1.165) is 11.3 Å². The van der Waals surface area contributed by atoms with E-state index in [-0.39, 0.29) is 5.78 Å². The van der Waals surface area contributed by atoms with Gasteiger partial charge in [-0.25, -0.2) is 0 Å². The van der Waals surface area contributed by atoms with Crippen LogP contribution in [0.25, 0.3) is 0 Å². The monoisotopic (exact) mass is 164 g/mol. The van der Waals surface area contributed by atoms with Crippen molar-refractivity contribution < 1.29 is 9.21 Å². The molecule has 0 radical (unpaired) electrons. The van der Waals surface area contributed by atoms with E-state index in [2.05, 4.69) is 0 Å². The lowest BCUT2D eigenvalue weighted by atomic mass is 10.1. The molecule has 64 valence electrons. The Morgan fingerprint density at radius 1 is 1.50 bits per heavy atom. The first-order chi connectivity index (χ1) is 5.59. The van der Waals surface area contributed by atoms with Crippen LogP contribution in [-0.4, -0.2) is 5.78 Å². The standard InChI is InChI=1S/C10H12O2/c1-7(2)4-10(11)9-5-8(3)12-6-9/h4-6H,1-3H3. The second-order valence-electron chi connectivity index (χ2n) is 3.03. The Labute approximate surface area is 71.9 Å². The van der Waals surface area contributed by atoms with Crippen LogP contribution < -0.4 is 0 Å². The molecule has 0 saturated carbocycles. The first-order valence-corrected chi connectivity index (χ1v) is 3.84. The quantitative estimate of drug-likeness (QED) is 0.497. The van der Waals surface area contributed by atoms with Crippen LogP contribution in [0.15, 0.2) is 28.4 Å². The summed E-state index contributed by atoms with van der Waals surface area (Å²) in [6.45, 7) is 5.61. The summed E-state index contributed by atoms with van der Waals surface area (Å²) in [5, 5.41) is 0. The van der Waals surface area contributed by atoms with Gasteiger partial charge in [0.2, 0.25) is 0 Å². The SMILES string of the molecule is CC(C)=CC(=O)c1coc(C)c1. The Balaban J connectivity index is 2.86. The first-order valence-electron chi connectivity index (χ1n) is 3.84. The van der Waals surface area contributed by atoms with Gasteiger partial charge in [0.05, 0.1) is 5.56 Å². The minimum absolute atomic E-state index is 0.00634. The molecule has 2 nitrogen and oxygen atoms in total. The van der Waals surface area contributed by atoms with Gasteiger partial charge in [0.1, 0.15) is 12.0 Å². The highest BCUT2D eigenvalue weighted by molar-refractivity contribution is 6.04. The molecule has 1 rings (SSSR count). The highest BCUT2D eigenvalue weighted by Crippen LogP contribution is 2.08. The number of hydrogen-bond donors (Lipinski definition) is 0. The zero-order chi connectivity index (χ0) is 9.14. The summed E-state index contributed by atoms with van der Waals surface area (Å²) in [6.07, 6.45) is 3.08. The molecule has 1 heterocycles. The Morgan fingerprint density at radius 2 is 2.17 bits per heavy atom. The molecule has 2 heteroatoms. The molecule has 0 saturated heterocycles. The zero-order valence-corrected chi connectivity index (χ0v) is 7.55. The molecule has 0 fully saturated rings. The van der Waals surface area contributed by atoms with E-state index in [4.69, 9.17) is 4.42 Å². The number of ketones is 1. The van der Waals surface area contributed by atoms with Gasteiger partial charge in [-0.05, 0) is 32.9 Å². The minimum atomic E-state index is 0.00634. The first kappa shape index (κ1) is 8.78. The van der Waals surface area contributed by atoms with Crippen molar-refractivity contribution in [2.24, 2.45) is 0 Å². The van der Waals surface area contributed by atoms with E-state index in [1.165, 1.54) is 6.26 Å². The summed E-state index contributed by atoms with van der Waals surface area (Å²) >= 11 is 0. The molecular formula is C10H12O2. The summed E-state index contributed by atoms with van der Waals surface area (Å²) in [4.78, 5) is 11.3. The molecule has 1 aromatic heterocycles. The van der Waals surface area contributed by atoms with Crippen LogP contribution in [0.2, 0.25) is 0 Å². The summed E-state index contributed by atoms with van der Waals surface area (Å²) in [7, 11) is 0. The van der Waals surface area contributed by atoms with Gasteiger partial charge >= 0.3 is 0 Å². The van der Waals surface area contributed by atoms with Crippen molar-refractivity contribution in [1.82, 2.24) is 0 Å². The van der Waals surface area contributed by atoms with Gasteiger partial charge in [-0.2, -0.15) is 0 Å². The van der Waals surface area contributed by atoms with E-state index >= 15 is 0 Å². The third-order valence-electron chi connectivity index (χ3n) is 1.43. The molecule has 0 aliphatic carbocycles. The van der Waals surface area contributed by atoms with Gasteiger partial charge in [0, 0.05) is 0 Å². The third-order valence-corrected chi connectivity index (χ3v) is 1.43. The molecule has 0 aliphatic rings. The highest BCUT2D eigenvalue weighted by Gasteiger charge is 2.04. The molecule has 0 aliphatic heterocycles. The van der Waals surface area contributed by atoms with Gasteiger partial charge in [0.25, 0.3) is 0 Å². The van der Waals surface area contributed by atoms with Crippen LogP contribution in [0.5, 0.6) is 0 Å². The maximum absolute atomic E-state index is 11.3. The summed E-state index contributed by atoms with van der Waals surface area (Å²) < 4.78 is 5.02. The van der Waals surface area contributed by atoms with Crippen molar-refractivity contribution in [2.75, 3.05) is 0 Å². The second kappa shape index (κ2) is 3.39. The van der Waals surface area contributed by atoms with Crippen molar-refractivity contribution in [3.05, 3.63) is 35.3 Å². The molecule has 0 unspecified atom stereocenters. The van der Waals surface area contributed by atoms with Gasteiger partial charge in [0.15, 0.2) is 5.78 Å². The normalized spacial score (nSPS) is 9.58. The van der Waals surface area contributed by atoms with Crippen molar-refractivity contribution in [2.45, 2.75) is 20.8 Å². The number of aryl methyl sites for hydroxylation is 1. The molecule has 1 aromatic rings. The lowest BCUT2D eigenvalue weighted by Gasteiger charge is -1.88. The Bertz CT molecular complexity index is 314. The van der Waals surface area contributed by atoms with E-state index in [0.29, 0.717) is 5.56 Å². The topological polar surface area (TPSA) is 30.2 Å². The number of hydrogen-bond acceptors (Lipinski definition) is 2. The van der Waals surface area contributed by atoms with E-state index in [9.17, 15) is 4.79 Å². The third kappa shape index (κ3) is 2.09. The Morgan fingerprint density at radius 3 is 2.58 bits per heavy atom. The van der Waals surface area contributed by atoms with Crippen LogP contribution in [0.1, 0.15) is 30.0 Å². The van der Waals surface area contributed by atoms with E-state index in [1.54, 1.807) is 12.1 Å². The zero-order valence-electron chi connectivity index (χ0n) is 7.55. The summed E-state index contributed by atoms with van der Waals surface area (Å²) in [6, 6.07) is 1.74. The second-order valence-corrected chi connectivity index (χ2v) is 3.03. The Kier molecular flexibility index (Phi) is 2.48. The molecule has 12 heavy (non-hydrogen) atoms. The molecule has 0 bridgehead atoms. The minimum Gasteiger partial charge on any atom is -0.469 e. The Hall–Kier alpha value is -1.31. The maximum Gasteiger partial charge on any atom is 0.188 e. The van der Waals surface area contributed by atoms with Crippen LogP contribution in [-0.2, 0) is 0 Å². The van der Waals surface area contributed by atoms with Crippen molar-refractivity contribution in [1.29, 1.82) is 0 Å². The molecule has 0 spiro atoms. The molecule has 0 aromatic carbocycles. The van der Waals surface area contributed by atoms with Crippen LogP contribution in [0.3, 0.4) is 0 Å². The molecular weight excluding hydrogens is 152 g/mol. The lowest BCUT2D eigenvalue weighted by Crippen LogP contribution is -1.91. The lowest BCUT2D eigenvalue weighted by molar-refractivity contribution is 0.104. The van der Waals surface area contributed by atoms with Crippen LogP contribution >= 0.6 is 0 Å². The van der Waals surface area contributed by atoms with Crippen molar-refractivity contribution in [3.8, 4) is 0 Å².